The highest BCUT2D eigenvalue weighted by atomic mass is 19.1. The van der Waals surface area contributed by atoms with E-state index in [1.165, 1.54) is 19.1 Å². The minimum atomic E-state index is -0.251. The van der Waals surface area contributed by atoms with Crippen LogP contribution in [0.1, 0.15) is 25.8 Å². The Kier molecular flexibility index (Phi) is 3.83. The number of amides is 1. The van der Waals surface area contributed by atoms with E-state index < -0.39 is 0 Å². The van der Waals surface area contributed by atoms with Gasteiger partial charge >= 0.3 is 0 Å². The molecule has 0 N–H and O–H groups in total. The van der Waals surface area contributed by atoms with Gasteiger partial charge in [0, 0.05) is 19.7 Å². The molecule has 0 aliphatic heterocycles. The van der Waals surface area contributed by atoms with Crippen LogP contribution in [0.3, 0.4) is 0 Å². The molecule has 0 bridgehead atoms. The van der Waals surface area contributed by atoms with Gasteiger partial charge in [-0.05, 0) is 30.2 Å². The van der Waals surface area contributed by atoms with Gasteiger partial charge in [0.25, 0.3) is 0 Å². The van der Waals surface area contributed by atoms with Crippen molar-refractivity contribution in [1.29, 1.82) is 0 Å². The Morgan fingerprint density at radius 2 is 2.13 bits per heavy atom. The van der Waals surface area contributed by atoms with Crippen LogP contribution < -0.4 is 4.90 Å². The first kappa shape index (κ1) is 11.7. The molecule has 0 saturated carbocycles. The second kappa shape index (κ2) is 4.91. The summed E-state index contributed by atoms with van der Waals surface area (Å²) in [6.07, 6.45) is 1.72. The quantitative estimate of drug-likeness (QED) is 0.749. The second-order valence-electron chi connectivity index (χ2n) is 3.60. The molecule has 82 valence electrons. The normalized spacial score (nSPS) is 10.1. The van der Waals surface area contributed by atoms with Crippen molar-refractivity contribution < 1.29 is 9.18 Å². The molecular weight excluding hydrogens is 193 g/mol. The third-order valence-corrected chi connectivity index (χ3v) is 2.39. The van der Waals surface area contributed by atoms with Gasteiger partial charge in [-0.15, -0.1) is 0 Å². The SMILES string of the molecule is CCCc1cc(F)ccc1N(C)C(C)=O. The van der Waals surface area contributed by atoms with Crippen LogP contribution in [0, 0.1) is 5.82 Å². The number of carbonyl (C=O) groups excluding carboxylic acids is 1. The third-order valence-electron chi connectivity index (χ3n) is 2.39. The smallest absolute Gasteiger partial charge is 0.223 e. The standard InChI is InChI=1S/C12H16FNO/c1-4-5-10-8-11(13)6-7-12(10)14(3)9(2)15/h6-8H,4-5H2,1-3H3. The van der Waals surface area contributed by atoms with Crippen molar-refractivity contribution in [1.82, 2.24) is 0 Å². The predicted molar refractivity (Wildman–Crippen MR) is 59.5 cm³/mol. The number of carbonyl (C=O) groups is 1. The first-order valence-electron chi connectivity index (χ1n) is 5.09. The Morgan fingerprint density at radius 3 is 2.67 bits per heavy atom. The van der Waals surface area contributed by atoms with Gasteiger partial charge in [-0.1, -0.05) is 13.3 Å². The molecule has 1 aromatic rings. The molecule has 1 aromatic carbocycles. The van der Waals surface area contributed by atoms with Gasteiger partial charge in [0.05, 0.1) is 0 Å². The summed E-state index contributed by atoms with van der Waals surface area (Å²) in [6.45, 7) is 3.53. The number of benzene rings is 1. The lowest BCUT2D eigenvalue weighted by atomic mass is 10.1. The van der Waals surface area contributed by atoms with Crippen molar-refractivity contribution in [2.45, 2.75) is 26.7 Å². The molecule has 0 atom stereocenters. The molecule has 0 saturated heterocycles. The number of halogens is 1. The fourth-order valence-electron chi connectivity index (χ4n) is 1.52. The van der Waals surface area contributed by atoms with E-state index >= 15 is 0 Å². The van der Waals surface area contributed by atoms with Gasteiger partial charge in [-0.25, -0.2) is 4.39 Å². The van der Waals surface area contributed by atoms with Gasteiger partial charge in [0.2, 0.25) is 5.91 Å². The molecule has 2 nitrogen and oxygen atoms in total. The van der Waals surface area contributed by atoms with Gasteiger partial charge in [-0.2, -0.15) is 0 Å². The van der Waals surface area contributed by atoms with E-state index in [0.29, 0.717) is 0 Å². The zero-order valence-electron chi connectivity index (χ0n) is 9.38. The molecule has 0 unspecified atom stereocenters. The van der Waals surface area contributed by atoms with Crippen molar-refractivity contribution in [3.8, 4) is 0 Å². The van der Waals surface area contributed by atoms with Crippen LogP contribution in [0.25, 0.3) is 0 Å². The Balaban J connectivity index is 3.10. The Labute approximate surface area is 89.7 Å². The zero-order valence-corrected chi connectivity index (χ0v) is 9.38. The van der Waals surface area contributed by atoms with Gasteiger partial charge in [0.15, 0.2) is 0 Å². The minimum Gasteiger partial charge on any atom is -0.315 e. The zero-order chi connectivity index (χ0) is 11.4. The van der Waals surface area contributed by atoms with Crippen LogP contribution in [-0.4, -0.2) is 13.0 Å². The van der Waals surface area contributed by atoms with E-state index in [1.54, 1.807) is 18.0 Å². The molecule has 0 aliphatic carbocycles. The largest absolute Gasteiger partial charge is 0.315 e. The molecule has 1 rings (SSSR count). The molecule has 0 spiro atoms. The van der Waals surface area contributed by atoms with Gasteiger partial charge in [0.1, 0.15) is 5.82 Å². The summed E-state index contributed by atoms with van der Waals surface area (Å²) >= 11 is 0. The predicted octanol–water partition coefficient (Wildman–Crippen LogP) is 2.76. The van der Waals surface area contributed by atoms with Gasteiger partial charge in [-0.3, -0.25) is 4.79 Å². The van der Waals surface area contributed by atoms with Crippen molar-refractivity contribution in [2.75, 3.05) is 11.9 Å². The number of hydrogen-bond donors (Lipinski definition) is 0. The highest BCUT2D eigenvalue weighted by molar-refractivity contribution is 5.91. The lowest BCUT2D eigenvalue weighted by Crippen LogP contribution is -2.24. The first-order valence-corrected chi connectivity index (χ1v) is 5.09. The molecule has 0 fully saturated rings. The molecule has 0 heterocycles. The van der Waals surface area contributed by atoms with Crippen molar-refractivity contribution in [2.24, 2.45) is 0 Å². The van der Waals surface area contributed by atoms with Crippen molar-refractivity contribution >= 4 is 11.6 Å². The van der Waals surface area contributed by atoms with E-state index in [4.69, 9.17) is 0 Å². The molecule has 0 aliphatic rings. The number of anilines is 1. The summed E-state index contributed by atoms with van der Waals surface area (Å²) in [5.41, 5.74) is 1.68. The van der Waals surface area contributed by atoms with E-state index in [-0.39, 0.29) is 11.7 Å². The number of nitrogens with zero attached hydrogens (tertiary/aromatic N) is 1. The van der Waals surface area contributed by atoms with Gasteiger partial charge < -0.3 is 4.90 Å². The summed E-state index contributed by atoms with van der Waals surface area (Å²) in [5.74, 6) is -0.293. The van der Waals surface area contributed by atoms with Crippen LogP contribution in [0.5, 0.6) is 0 Å². The third kappa shape index (κ3) is 2.78. The summed E-state index contributed by atoms with van der Waals surface area (Å²) < 4.78 is 13.0. The Hall–Kier alpha value is -1.38. The summed E-state index contributed by atoms with van der Waals surface area (Å²) in [5, 5.41) is 0. The van der Waals surface area contributed by atoms with E-state index in [2.05, 4.69) is 0 Å². The summed E-state index contributed by atoms with van der Waals surface area (Å²) in [6, 6.07) is 4.54. The maximum absolute atomic E-state index is 13.0. The summed E-state index contributed by atoms with van der Waals surface area (Å²) in [7, 11) is 1.70. The first-order chi connectivity index (χ1) is 7.06. The van der Waals surface area contributed by atoms with Crippen molar-refractivity contribution in [3.63, 3.8) is 0 Å². The van der Waals surface area contributed by atoms with Crippen LogP contribution in [0.2, 0.25) is 0 Å². The molecule has 0 aromatic heterocycles. The average molecular weight is 209 g/mol. The lowest BCUT2D eigenvalue weighted by Gasteiger charge is -2.18. The maximum Gasteiger partial charge on any atom is 0.223 e. The Bertz CT molecular complexity index is 363. The van der Waals surface area contributed by atoms with Crippen LogP contribution >= 0.6 is 0 Å². The van der Waals surface area contributed by atoms with Crippen LogP contribution in [-0.2, 0) is 11.2 Å². The highest BCUT2D eigenvalue weighted by Gasteiger charge is 2.10. The fraction of sp³-hybridized carbons (Fsp3) is 0.417. The molecular formula is C12H16FNO. The highest BCUT2D eigenvalue weighted by Crippen LogP contribution is 2.22. The fourth-order valence-corrected chi connectivity index (χ4v) is 1.52. The summed E-state index contributed by atoms with van der Waals surface area (Å²) in [4.78, 5) is 12.8. The van der Waals surface area contributed by atoms with Crippen LogP contribution in [0.4, 0.5) is 10.1 Å². The van der Waals surface area contributed by atoms with E-state index in [1.807, 2.05) is 6.92 Å². The average Bonchev–Trinajstić information content (AvgIpc) is 2.17. The second-order valence-corrected chi connectivity index (χ2v) is 3.60. The van der Waals surface area contributed by atoms with Crippen LogP contribution in [0.15, 0.2) is 18.2 Å². The molecule has 0 radical (unpaired) electrons. The molecule has 15 heavy (non-hydrogen) atoms. The lowest BCUT2D eigenvalue weighted by molar-refractivity contribution is -0.116. The number of aryl methyl sites for hydroxylation is 1. The van der Waals surface area contributed by atoms with E-state index in [0.717, 1.165) is 24.1 Å². The minimum absolute atomic E-state index is 0.0426. The topological polar surface area (TPSA) is 20.3 Å². The van der Waals surface area contributed by atoms with Crippen molar-refractivity contribution in [3.05, 3.63) is 29.6 Å². The monoisotopic (exact) mass is 209 g/mol. The Morgan fingerprint density at radius 1 is 1.47 bits per heavy atom. The molecule has 3 heteroatoms. The number of hydrogen-bond acceptors (Lipinski definition) is 1. The van der Waals surface area contributed by atoms with E-state index in [9.17, 15) is 9.18 Å². The molecule has 1 amide bonds. The maximum atomic E-state index is 13.0. The number of rotatable bonds is 3.